The molecule has 0 heterocycles. The molecule has 6 nitrogen and oxygen atoms in total. The second kappa shape index (κ2) is 7.11. The fraction of sp³-hybridized carbons (Fsp3) is 0.333. The first-order valence-corrected chi connectivity index (χ1v) is 11.5. The van der Waals surface area contributed by atoms with Gasteiger partial charge in [-0.3, -0.25) is 0 Å². The number of benzene rings is 2. The van der Waals surface area contributed by atoms with Crippen LogP contribution in [-0.4, -0.2) is 16.8 Å². The van der Waals surface area contributed by atoms with E-state index in [1.165, 1.54) is 17.7 Å². The van der Waals surface area contributed by atoms with Gasteiger partial charge in [-0.2, -0.15) is 0 Å². The molecule has 0 fully saturated rings. The quantitative estimate of drug-likeness (QED) is 0.811. The molecular weight excluding hydrogens is 372 g/mol. The van der Waals surface area contributed by atoms with E-state index in [0.717, 1.165) is 31.2 Å². The summed E-state index contributed by atoms with van der Waals surface area (Å²) in [5, 5.41) is 5.08. The summed E-state index contributed by atoms with van der Waals surface area (Å²) in [5.41, 5.74) is 2.98. The zero-order valence-electron chi connectivity index (χ0n) is 14.5. The zero-order chi connectivity index (χ0) is 18.9. The van der Waals surface area contributed by atoms with Crippen molar-refractivity contribution in [2.45, 2.75) is 48.4 Å². The molecule has 0 bridgehead atoms. The first kappa shape index (κ1) is 19.0. The van der Waals surface area contributed by atoms with Crippen molar-refractivity contribution in [3.63, 3.8) is 0 Å². The Morgan fingerprint density at radius 1 is 0.885 bits per heavy atom. The third kappa shape index (κ3) is 4.15. The van der Waals surface area contributed by atoms with Gasteiger partial charge in [0.1, 0.15) is 0 Å². The van der Waals surface area contributed by atoms with Crippen LogP contribution < -0.4 is 9.86 Å². The molecule has 1 aliphatic carbocycles. The highest BCUT2D eigenvalue weighted by Gasteiger charge is 2.21. The second-order valence-corrected chi connectivity index (χ2v) is 9.87. The molecule has 3 N–H and O–H groups in total. The van der Waals surface area contributed by atoms with Crippen LogP contribution in [-0.2, 0) is 32.9 Å². The second-order valence-electron chi connectivity index (χ2n) is 6.59. The van der Waals surface area contributed by atoms with Crippen molar-refractivity contribution in [2.24, 2.45) is 5.14 Å². The molecule has 0 amide bonds. The summed E-state index contributed by atoms with van der Waals surface area (Å²) in [6, 6.07) is 10.6. The average molecular weight is 395 g/mol. The maximum absolute atomic E-state index is 12.7. The van der Waals surface area contributed by atoms with Gasteiger partial charge in [0, 0.05) is 6.04 Å². The average Bonchev–Trinajstić information content (AvgIpc) is 2.60. The number of sulfonamides is 2. The van der Waals surface area contributed by atoms with E-state index in [1.54, 1.807) is 31.2 Å². The molecule has 0 saturated heterocycles. The summed E-state index contributed by atoms with van der Waals surface area (Å²) in [6.45, 7) is 1.71. The third-order valence-electron chi connectivity index (χ3n) is 4.67. The summed E-state index contributed by atoms with van der Waals surface area (Å²) in [4.78, 5) is 0.247. The van der Waals surface area contributed by atoms with Crippen LogP contribution in [0.15, 0.2) is 52.3 Å². The van der Waals surface area contributed by atoms with Crippen LogP contribution in [0.5, 0.6) is 0 Å². The lowest BCUT2D eigenvalue weighted by Crippen LogP contribution is -2.27. The Kier molecular flexibility index (Phi) is 5.21. The van der Waals surface area contributed by atoms with E-state index in [2.05, 4.69) is 4.72 Å². The van der Waals surface area contributed by atoms with Crippen LogP contribution in [0.25, 0.3) is 0 Å². The molecule has 26 heavy (non-hydrogen) atoms. The Morgan fingerprint density at radius 3 is 2.08 bits per heavy atom. The molecule has 0 saturated carbocycles. The summed E-state index contributed by atoms with van der Waals surface area (Å²) >= 11 is 0. The molecule has 1 aliphatic rings. The van der Waals surface area contributed by atoms with E-state index in [4.69, 9.17) is 5.14 Å². The van der Waals surface area contributed by atoms with E-state index in [9.17, 15) is 16.8 Å². The number of rotatable bonds is 5. The van der Waals surface area contributed by atoms with Crippen molar-refractivity contribution < 1.29 is 16.8 Å². The van der Waals surface area contributed by atoms with Gasteiger partial charge >= 0.3 is 0 Å². The van der Waals surface area contributed by atoms with Crippen LogP contribution in [0.4, 0.5) is 0 Å². The Balaban J connectivity index is 1.80. The number of fused-ring (bicyclic) bond motifs is 1. The van der Waals surface area contributed by atoms with E-state index in [0.29, 0.717) is 5.56 Å². The van der Waals surface area contributed by atoms with Gasteiger partial charge in [0.2, 0.25) is 20.0 Å². The topological polar surface area (TPSA) is 106 Å². The van der Waals surface area contributed by atoms with Crippen LogP contribution >= 0.6 is 0 Å². The molecule has 2 aromatic carbocycles. The molecule has 0 aromatic heterocycles. The van der Waals surface area contributed by atoms with E-state index in [-0.39, 0.29) is 9.79 Å². The fourth-order valence-corrected chi connectivity index (χ4v) is 4.99. The van der Waals surface area contributed by atoms with Gasteiger partial charge in [-0.05, 0) is 73.6 Å². The Hall–Kier alpha value is -1.74. The lowest BCUT2D eigenvalue weighted by atomic mass is 9.92. The highest BCUT2D eigenvalue weighted by molar-refractivity contribution is 7.89. The van der Waals surface area contributed by atoms with Crippen LogP contribution in [0.1, 0.15) is 42.5 Å². The summed E-state index contributed by atoms with van der Waals surface area (Å²) in [6.07, 6.45) is 4.12. The third-order valence-corrected chi connectivity index (χ3v) is 7.14. The van der Waals surface area contributed by atoms with E-state index in [1.807, 2.05) is 6.07 Å². The normalized spacial score (nSPS) is 16.1. The molecule has 1 atom stereocenters. The molecule has 3 rings (SSSR count). The number of nitrogens with one attached hydrogen (secondary N) is 1. The van der Waals surface area contributed by atoms with Gasteiger partial charge in [0.15, 0.2) is 0 Å². The van der Waals surface area contributed by atoms with Crippen LogP contribution in [0, 0.1) is 0 Å². The van der Waals surface area contributed by atoms with Crippen molar-refractivity contribution in [3.05, 3.63) is 59.2 Å². The number of primary sulfonamides is 1. The SMILES string of the molecule is C[C@@H](NS(=O)(=O)c1ccc2c(c1)CCCC2)c1ccc(S(N)(=O)=O)cc1. The van der Waals surface area contributed by atoms with Gasteiger partial charge in [-0.1, -0.05) is 18.2 Å². The first-order chi connectivity index (χ1) is 12.2. The number of hydrogen-bond acceptors (Lipinski definition) is 4. The Labute approximate surface area is 154 Å². The minimum absolute atomic E-state index is 0.00834. The summed E-state index contributed by atoms with van der Waals surface area (Å²) in [5.74, 6) is 0. The first-order valence-electron chi connectivity index (χ1n) is 8.44. The minimum Gasteiger partial charge on any atom is -0.225 e. The predicted molar refractivity (Wildman–Crippen MR) is 99.6 cm³/mol. The smallest absolute Gasteiger partial charge is 0.225 e. The lowest BCUT2D eigenvalue weighted by Gasteiger charge is -2.18. The van der Waals surface area contributed by atoms with Crippen molar-refractivity contribution >= 4 is 20.0 Å². The fourth-order valence-electron chi connectivity index (χ4n) is 3.19. The van der Waals surface area contributed by atoms with Gasteiger partial charge < -0.3 is 0 Å². The summed E-state index contributed by atoms with van der Waals surface area (Å²) in [7, 11) is -7.44. The van der Waals surface area contributed by atoms with Gasteiger partial charge in [0.25, 0.3) is 0 Å². The Morgan fingerprint density at radius 2 is 1.46 bits per heavy atom. The van der Waals surface area contributed by atoms with Gasteiger partial charge in [0.05, 0.1) is 9.79 Å². The molecule has 0 aliphatic heterocycles. The number of nitrogens with two attached hydrogens (primary N) is 1. The largest absolute Gasteiger partial charge is 0.241 e. The van der Waals surface area contributed by atoms with Gasteiger partial charge in [-0.25, -0.2) is 26.7 Å². The molecule has 2 aromatic rings. The van der Waals surface area contributed by atoms with Gasteiger partial charge in [-0.15, -0.1) is 0 Å². The number of aryl methyl sites for hydroxylation is 2. The van der Waals surface area contributed by atoms with E-state index >= 15 is 0 Å². The molecular formula is C18H22N2O4S2. The number of hydrogen-bond donors (Lipinski definition) is 2. The minimum atomic E-state index is -3.77. The van der Waals surface area contributed by atoms with Crippen molar-refractivity contribution in [3.8, 4) is 0 Å². The van der Waals surface area contributed by atoms with Crippen molar-refractivity contribution in [2.75, 3.05) is 0 Å². The highest BCUT2D eigenvalue weighted by Crippen LogP contribution is 2.25. The van der Waals surface area contributed by atoms with E-state index < -0.39 is 26.1 Å². The Bertz CT molecular complexity index is 1010. The highest BCUT2D eigenvalue weighted by atomic mass is 32.2. The molecule has 140 valence electrons. The standard InChI is InChI=1S/C18H22N2O4S2/c1-13(14-6-9-17(10-7-14)25(19,21)22)20-26(23,24)18-11-8-15-4-2-3-5-16(15)12-18/h6-13,20H,2-5H2,1H3,(H2,19,21,22)/t13-/m1/s1. The van der Waals surface area contributed by atoms with Crippen molar-refractivity contribution in [1.29, 1.82) is 0 Å². The monoisotopic (exact) mass is 394 g/mol. The maximum atomic E-state index is 12.7. The molecule has 0 radical (unpaired) electrons. The van der Waals surface area contributed by atoms with Crippen LogP contribution in [0.3, 0.4) is 0 Å². The molecule has 0 spiro atoms. The van der Waals surface area contributed by atoms with Crippen molar-refractivity contribution in [1.82, 2.24) is 4.72 Å². The molecule has 8 heteroatoms. The maximum Gasteiger partial charge on any atom is 0.241 e. The summed E-state index contributed by atoms with van der Waals surface area (Å²) < 4.78 is 50.7. The molecule has 0 unspecified atom stereocenters. The lowest BCUT2D eigenvalue weighted by molar-refractivity contribution is 0.566. The predicted octanol–water partition coefficient (Wildman–Crippen LogP) is 2.25. The zero-order valence-corrected chi connectivity index (χ0v) is 16.1. The van der Waals surface area contributed by atoms with Crippen LogP contribution in [0.2, 0.25) is 0 Å².